The SMILES string of the molecule is CC(CNC(=O)CC1CNC1)CC(=O)O. The minimum Gasteiger partial charge on any atom is -0.481 e. The van der Waals surface area contributed by atoms with E-state index in [2.05, 4.69) is 10.6 Å². The highest BCUT2D eigenvalue weighted by atomic mass is 16.4. The molecule has 0 aromatic carbocycles. The minimum atomic E-state index is -0.819. The van der Waals surface area contributed by atoms with E-state index in [9.17, 15) is 9.59 Å². The van der Waals surface area contributed by atoms with Crippen LogP contribution in [0.2, 0.25) is 0 Å². The first-order valence-electron chi connectivity index (χ1n) is 5.27. The zero-order valence-corrected chi connectivity index (χ0v) is 8.95. The number of hydrogen-bond donors (Lipinski definition) is 3. The van der Waals surface area contributed by atoms with Crippen molar-refractivity contribution in [2.45, 2.75) is 19.8 Å². The Morgan fingerprint density at radius 2 is 2.20 bits per heavy atom. The van der Waals surface area contributed by atoms with E-state index in [0.29, 0.717) is 18.9 Å². The van der Waals surface area contributed by atoms with Gasteiger partial charge >= 0.3 is 5.97 Å². The normalized spacial score (nSPS) is 17.9. The lowest BCUT2D eigenvalue weighted by Gasteiger charge is -2.26. The highest BCUT2D eigenvalue weighted by Crippen LogP contribution is 2.07. The van der Waals surface area contributed by atoms with Gasteiger partial charge in [-0.15, -0.1) is 0 Å². The van der Waals surface area contributed by atoms with Crippen LogP contribution < -0.4 is 10.6 Å². The maximum absolute atomic E-state index is 11.4. The van der Waals surface area contributed by atoms with E-state index >= 15 is 0 Å². The van der Waals surface area contributed by atoms with Crippen LogP contribution in [0.5, 0.6) is 0 Å². The summed E-state index contributed by atoms with van der Waals surface area (Å²) in [5, 5.41) is 14.4. The fourth-order valence-electron chi connectivity index (χ4n) is 1.49. The standard InChI is InChI=1S/C10H18N2O3/c1-7(2-10(14)15)4-12-9(13)3-8-5-11-6-8/h7-8,11H,2-6H2,1H3,(H,12,13)(H,14,15). The maximum atomic E-state index is 11.4. The number of carbonyl (C=O) groups excluding carboxylic acids is 1. The summed E-state index contributed by atoms with van der Waals surface area (Å²) in [5.41, 5.74) is 0. The molecule has 1 heterocycles. The minimum absolute atomic E-state index is 0.00837. The summed E-state index contributed by atoms with van der Waals surface area (Å²) in [6, 6.07) is 0. The Kier molecular flexibility index (Phi) is 4.55. The van der Waals surface area contributed by atoms with Gasteiger partial charge in [0.15, 0.2) is 0 Å². The summed E-state index contributed by atoms with van der Waals surface area (Å²) in [7, 11) is 0. The van der Waals surface area contributed by atoms with Crippen LogP contribution in [0.25, 0.3) is 0 Å². The molecule has 0 aromatic heterocycles. The molecule has 0 aromatic rings. The molecule has 0 radical (unpaired) electrons. The zero-order valence-electron chi connectivity index (χ0n) is 8.95. The molecule has 0 aliphatic carbocycles. The van der Waals surface area contributed by atoms with Crippen LogP contribution in [0, 0.1) is 11.8 Å². The second kappa shape index (κ2) is 5.70. The Balaban J connectivity index is 2.07. The van der Waals surface area contributed by atoms with E-state index in [4.69, 9.17) is 5.11 Å². The van der Waals surface area contributed by atoms with Crippen molar-refractivity contribution in [1.29, 1.82) is 0 Å². The van der Waals surface area contributed by atoms with E-state index < -0.39 is 5.97 Å². The monoisotopic (exact) mass is 214 g/mol. The topological polar surface area (TPSA) is 78.4 Å². The molecule has 3 N–H and O–H groups in total. The Bertz CT molecular complexity index is 239. The largest absolute Gasteiger partial charge is 0.481 e. The molecule has 1 aliphatic rings. The van der Waals surface area contributed by atoms with Crippen molar-refractivity contribution in [1.82, 2.24) is 10.6 Å². The molecule has 86 valence electrons. The van der Waals surface area contributed by atoms with Crippen LogP contribution in [-0.4, -0.2) is 36.6 Å². The molecule has 0 saturated carbocycles. The van der Waals surface area contributed by atoms with Gasteiger partial charge in [-0.25, -0.2) is 0 Å². The Hall–Kier alpha value is -1.10. The molecule has 1 fully saturated rings. The first-order chi connectivity index (χ1) is 7.08. The van der Waals surface area contributed by atoms with Crippen LogP contribution in [0.3, 0.4) is 0 Å². The first kappa shape index (κ1) is 12.0. The number of aliphatic carboxylic acids is 1. The number of carbonyl (C=O) groups is 2. The molecule has 5 heteroatoms. The van der Waals surface area contributed by atoms with Crippen LogP contribution in [0.15, 0.2) is 0 Å². The number of hydrogen-bond acceptors (Lipinski definition) is 3. The van der Waals surface area contributed by atoms with Crippen molar-refractivity contribution in [3.8, 4) is 0 Å². The second-order valence-electron chi connectivity index (χ2n) is 4.24. The Morgan fingerprint density at radius 3 is 2.67 bits per heavy atom. The van der Waals surface area contributed by atoms with Crippen molar-refractivity contribution in [2.24, 2.45) is 11.8 Å². The number of carboxylic acid groups (broad SMARTS) is 1. The fourth-order valence-corrected chi connectivity index (χ4v) is 1.49. The highest BCUT2D eigenvalue weighted by Gasteiger charge is 2.20. The van der Waals surface area contributed by atoms with E-state index in [0.717, 1.165) is 13.1 Å². The van der Waals surface area contributed by atoms with Crippen LogP contribution in [0.4, 0.5) is 0 Å². The molecule has 1 rings (SSSR count). The second-order valence-corrected chi connectivity index (χ2v) is 4.24. The Morgan fingerprint density at radius 1 is 1.53 bits per heavy atom. The summed E-state index contributed by atoms with van der Waals surface area (Å²) in [4.78, 5) is 21.7. The van der Waals surface area contributed by atoms with Gasteiger partial charge in [0.25, 0.3) is 0 Å². The van der Waals surface area contributed by atoms with Crippen LogP contribution >= 0.6 is 0 Å². The average molecular weight is 214 g/mol. The number of carboxylic acids is 1. The molecule has 1 amide bonds. The summed E-state index contributed by atoms with van der Waals surface area (Å²) < 4.78 is 0. The molecule has 0 bridgehead atoms. The fraction of sp³-hybridized carbons (Fsp3) is 0.800. The van der Waals surface area contributed by atoms with Gasteiger partial charge < -0.3 is 15.7 Å². The quantitative estimate of drug-likeness (QED) is 0.573. The van der Waals surface area contributed by atoms with Crippen molar-refractivity contribution in [3.05, 3.63) is 0 Å². The summed E-state index contributed by atoms with van der Waals surface area (Å²) >= 11 is 0. The van der Waals surface area contributed by atoms with Gasteiger partial charge in [0, 0.05) is 19.4 Å². The number of amides is 1. The molecular formula is C10H18N2O3. The van der Waals surface area contributed by atoms with Crippen LogP contribution in [-0.2, 0) is 9.59 Å². The predicted octanol–water partition coefficient (Wildman–Crippen LogP) is -0.177. The molecule has 0 spiro atoms. The highest BCUT2D eigenvalue weighted by molar-refractivity contribution is 5.76. The van der Waals surface area contributed by atoms with Gasteiger partial charge in [-0.3, -0.25) is 9.59 Å². The Labute approximate surface area is 89.2 Å². The summed E-state index contributed by atoms with van der Waals surface area (Å²) in [5.74, 6) is -0.343. The first-order valence-corrected chi connectivity index (χ1v) is 5.27. The zero-order chi connectivity index (χ0) is 11.3. The smallest absolute Gasteiger partial charge is 0.303 e. The number of nitrogens with one attached hydrogen (secondary N) is 2. The third-order valence-corrected chi connectivity index (χ3v) is 2.51. The van der Waals surface area contributed by atoms with E-state index in [1.165, 1.54) is 0 Å². The predicted molar refractivity (Wildman–Crippen MR) is 55.4 cm³/mol. The lowest BCUT2D eigenvalue weighted by atomic mass is 9.99. The average Bonchev–Trinajstić information content (AvgIpc) is 2.07. The van der Waals surface area contributed by atoms with E-state index in [-0.39, 0.29) is 18.2 Å². The number of rotatable bonds is 6. The molecule has 1 unspecified atom stereocenters. The molecule has 5 nitrogen and oxygen atoms in total. The van der Waals surface area contributed by atoms with Gasteiger partial charge in [-0.2, -0.15) is 0 Å². The van der Waals surface area contributed by atoms with Crippen molar-refractivity contribution < 1.29 is 14.7 Å². The van der Waals surface area contributed by atoms with Gasteiger partial charge in [0.1, 0.15) is 0 Å². The molecule has 1 atom stereocenters. The van der Waals surface area contributed by atoms with Gasteiger partial charge in [-0.05, 0) is 24.9 Å². The molecular weight excluding hydrogens is 196 g/mol. The van der Waals surface area contributed by atoms with Crippen molar-refractivity contribution in [3.63, 3.8) is 0 Å². The molecule has 1 saturated heterocycles. The van der Waals surface area contributed by atoms with Crippen LogP contribution in [0.1, 0.15) is 19.8 Å². The lowest BCUT2D eigenvalue weighted by molar-refractivity contribution is -0.138. The molecule has 1 aliphatic heterocycles. The maximum Gasteiger partial charge on any atom is 0.303 e. The van der Waals surface area contributed by atoms with E-state index in [1.807, 2.05) is 6.92 Å². The summed E-state index contributed by atoms with van der Waals surface area (Å²) in [6.07, 6.45) is 0.651. The van der Waals surface area contributed by atoms with Gasteiger partial charge in [0.2, 0.25) is 5.91 Å². The van der Waals surface area contributed by atoms with Gasteiger partial charge in [-0.1, -0.05) is 6.92 Å². The lowest BCUT2D eigenvalue weighted by Crippen LogP contribution is -2.44. The third kappa shape index (κ3) is 4.78. The molecule has 15 heavy (non-hydrogen) atoms. The summed E-state index contributed by atoms with van der Waals surface area (Å²) in [6.45, 7) is 4.10. The van der Waals surface area contributed by atoms with Crippen molar-refractivity contribution >= 4 is 11.9 Å². The van der Waals surface area contributed by atoms with E-state index in [1.54, 1.807) is 0 Å². The van der Waals surface area contributed by atoms with Crippen molar-refractivity contribution in [2.75, 3.05) is 19.6 Å². The third-order valence-electron chi connectivity index (χ3n) is 2.51. The van der Waals surface area contributed by atoms with Gasteiger partial charge in [0.05, 0.1) is 0 Å².